The molecule has 78 valence electrons. The number of fused-ring (bicyclic) bond motifs is 1. The van der Waals surface area contributed by atoms with Gasteiger partial charge in [0.1, 0.15) is 0 Å². The summed E-state index contributed by atoms with van der Waals surface area (Å²) in [6, 6.07) is 8.15. The average molecular weight is 219 g/mol. The molecule has 15 heavy (non-hydrogen) atoms. The fraction of sp³-hybridized carbons (Fsp3) is 0.182. The summed E-state index contributed by atoms with van der Waals surface area (Å²) >= 11 is 4.93. The van der Waals surface area contributed by atoms with E-state index in [-0.39, 0.29) is 0 Å². The van der Waals surface area contributed by atoms with Crippen LogP contribution in [0.1, 0.15) is 5.56 Å². The second kappa shape index (κ2) is 3.90. The molecule has 2 rings (SSSR count). The number of nitrogens with one attached hydrogen (secondary N) is 1. The van der Waals surface area contributed by atoms with Gasteiger partial charge in [-0.3, -0.25) is 0 Å². The smallest absolute Gasteiger partial charge is 0.170 e. The highest BCUT2D eigenvalue weighted by molar-refractivity contribution is 7.80. The van der Waals surface area contributed by atoms with Crippen LogP contribution >= 0.6 is 12.2 Å². The van der Waals surface area contributed by atoms with Crippen molar-refractivity contribution in [3.63, 3.8) is 0 Å². The van der Waals surface area contributed by atoms with E-state index in [1.54, 1.807) is 0 Å². The largest absolute Gasteiger partial charge is 0.379 e. The van der Waals surface area contributed by atoms with Gasteiger partial charge in [0.2, 0.25) is 0 Å². The van der Waals surface area contributed by atoms with Crippen LogP contribution < -0.4 is 11.1 Å². The number of likely N-dealkylation sites (N-methyl/N-ethyl adjacent to an activating group) is 1. The second-order valence-electron chi connectivity index (χ2n) is 3.47. The van der Waals surface area contributed by atoms with Crippen molar-refractivity contribution in [2.75, 3.05) is 18.9 Å². The van der Waals surface area contributed by atoms with Crippen LogP contribution in [0.25, 0.3) is 6.08 Å². The van der Waals surface area contributed by atoms with E-state index in [1.165, 1.54) is 5.56 Å². The maximum Gasteiger partial charge on any atom is 0.170 e. The lowest BCUT2D eigenvalue weighted by atomic mass is 10.1. The summed E-state index contributed by atoms with van der Waals surface area (Å²) in [6.45, 7) is 0.755. The first kappa shape index (κ1) is 9.98. The third kappa shape index (κ3) is 1.94. The van der Waals surface area contributed by atoms with E-state index in [9.17, 15) is 0 Å². The Balaban J connectivity index is 2.33. The topological polar surface area (TPSA) is 41.3 Å². The predicted octanol–water partition coefficient (Wildman–Crippen LogP) is 1.63. The predicted molar refractivity (Wildman–Crippen MR) is 67.5 cm³/mol. The first-order chi connectivity index (χ1) is 7.18. The van der Waals surface area contributed by atoms with Crippen molar-refractivity contribution in [3.8, 4) is 0 Å². The molecule has 3 nitrogen and oxygen atoms in total. The summed E-state index contributed by atoms with van der Waals surface area (Å²) in [4.78, 5) is 1.82. The molecule has 0 unspecified atom stereocenters. The van der Waals surface area contributed by atoms with Gasteiger partial charge in [0.25, 0.3) is 0 Å². The van der Waals surface area contributed by atoms with Crippen LogP contribution in [0, 0.1) is 0 Å². The Labute approximate surface area is 94.6 Å². The number of benzene rings is 1. The van der Waals surface area contributed by atoms with Gasteiger partial charge in [0.05, 0.1) is 6.54 Å². The van der Waals surface area contributed by atoms with Crippen molar-refractivity contribution in [1.82, 2.24) is 4.90 Å². The maximum absolute atomic E-state index is 5.58. The molecule has 0 saturated carbocycles. The molecule has 0 amide bonds. The Morgan fingerprint density at radius 1 is 1.47 bits per heavy atom. The lowest BCUT2D eigenvalue weighted by Crippen LogP contribution is -2.34. The van der Waals surface area contributed by atoms with E-state index < -0.39 is 0 Å². The van der Waals surface area contributed by atoms with Crippen molar-refractivity contribution >= 4 is 29.1 Å². The Bertz CT molecular complexity index is 426. The van der Waals surface area contributed by atoms with E-state index in [0.29, 0.717) is 5.11 Å². The molecule has 0 aromatic heterocycles. The van der Waals surface area contributed by atoms with Crippen LogP contribution in [-0.2, 0) is 0 Å². The minimum Gasteiger partial charge on any atom is -0.379 e. The molecule has 0 spiro atoms. The average Bonchev–Trinajstić information content (AvgIpc) is 2.27. The van der Waals surface area contributed by atoms with E-state index in [4.69, 9.17) is 18.0 Å². The highest BCUT2D eigenvalue weighted by atomic mass is 32.1. The molecular weight excluding hydrogens is 206 g/mol. The number of para-hydroxylation sites is 1. The molecule has 4 heteroatoms. The normalized spacial score (nSPS) is 13.5. The number of hydrogen-bond acceptors (Lipinski definition) is 2. The molecule has 0 radical (unpaired) electrons. The fourth-order valence-electron chi connectivity index (χ4n) is 1.56. The van der Waals surface area contributed by atoms with E-state index >= 15 is 0 Å². The molecule has 0 bridgehead atoms. The summed E-state index contributed by atoms with van der Waals surface area (Å²) in [5, 5.41) is 3.71. The fourth-order valence-corrected chi connectivity index (χ4v) is 1.67. The molecule has 3 N–H and O–H groups in total. The quantitative estimate of drug-likeness (QED) is 0.704. The van der Waals surface area contributed by atoms with Gasteiger partial charge in [-0.2, -0.15) is 0 Å². The molecule has 0 saturated heterocycles. The summed E-state index contributed by atoms with van der Waals surface area (Å²) in [7, 11) is 1.88. The van der Waals surface area contributed by atoms with Gasteiger partial charge in [-0.25, -0.2) is 0 Å². The monoisotopic (exact) mass is 219 g/mol. The van der Waals surface area contributed by atoms with Gasteiger partial charge in [0.15, 0.2) is 5.11 Å². The molecule has 1 heterocycles. The highest BCUT2D eigenvalue weighted by Gasteiger charge is 2.12. The van der Waals surface area contributed by atoms with Gasteiger partial charge in [-0.1, -0.05) is 18.2 Å². The zero-order valence-corrected chi connectivity index (χ0v) is 9.34. The number of anilines is 1. The van der Waals surface area contributed by atoms with Gasteiger partial charge < -0.3 is 16.0 Å². The van der Waals surface area contributed by atoms with Crippen molar-refractivity contribution in [1.29, 1.82) is 0 Å². The Hall–Kier alpha value is -1.55. The standard InChI is InChI=1S/C11H13N3S/c1-14(11(12)15)9-6-8-4-2-3-5-10(8)13-7-9/h2-6,13H,7H2,1H3,(H2,12,15). The zero-order valence-electron chi connectivity index (χ0n) is 8.53. The van der Waals surface area contributed by atoms with Crippen LogP contribution in [0.15, 0.2) is 30.0 Å². The van der Waals surface area contributed by atoms with E-state index in [0.717, 1.165) is 17.9 Å². The lowest BCUT2D eigenvalue weighted by Gasteiger charge is -2.25. The Morgan fingerprint density at radius 3 is 2.93 bits per heavy atom. The van der Waals surface area contributed by atoms with Gasteiger partial charge >= 0.3 is 0 Å². The first-order valence-corrected chi connectivity index (χ1v) is 5.16. The lowest BCUT2D eigenvalue weighted by molar-refractivity contribution is 0.626. The first-order valence-electron chi connectivity index (χ1n) is 4.75. The number of nitrogens with zero attached hydrogens (tertiary/aromatic N) is 1. The summed E-state index contributed by atoms with van der Waals surface area (Å²) in [5.41, 5.74) is 8.98. The van der Waals surface area contributed by atoms with Crippen molar-refractivity contribution in [2.45, 2.75) is 0 Å². The molecule has 0 aliphatic carbocycles. The van der Waals surface area contributed by atoms with Crippen LogP contribution in [0.2, 0.25) is 0 Å². The number of thiocarbonyl (C=S) groups is 1. The van der Waals surface area contributed by atoms with Crippen molar-refractivity contribution in [2.24, 2.45) is 5.73 Å². The maximum atomic E-state index is 5.58. The molecule has 0 fully saturated rings. The van der Waals surface area contributed by atoms with Crippen LogP contribution in [-0.4, -0.2) is 23.6 Å². The number of nitrogens with two attached hydrogens (primary N) is 1. The summed E-state index contributed by atoms with van der Waals surface area (Å²) in [5.74, 6) is 0. The third-order valence-corrected chi connectivity index (χ3v) is 2.78. The Morgan fingerprint density at radius 2 is 2.20 bits per heavy atom. The molecule has 1 aliphatic rings. The zero-order chi connectivity index (χ0) is 10.8. The second-order valence-corrected chi connectivity index (χ2v) is 3.89. The third-order valence-electron chi connectivity index (χ3n) is 2.50. The van der Waals surface area contributed by atoms with Crippen molar-refractivity contribution < 1.29 is 0 Å². The van der Waals surface area contributed by atoms with Gasteiger partial charge in [-0.05, 0) is 29.9 Å². The SMILES string of the molecule is CN(C(N)=S)C1=Cc2ccccc2NC1. The number of rotatable bonds is 1. The molecule has 1 aliphatic heterocycles. The summed E-state index contributed by atoms with van der Waals surface area (Å²) in [6.07, 6.45) is 2.10. The highest BCUT2D eigenvalue weighted by Crippen LogP contribution is 2.23. The van der Waals surface area contributed by atoms with Gasteiger partial charge in [-0.15, -0.1) is 0 Å². The van der Waals surface area contributed by atoms with Crippen molar-refractivity contribution in [3.05, 3.63) is 35.5 Å². The molecule has 1 aromatic carbocycles. The summed E-state index contributed by atoms with van der Waals surface area (Å²) < 4.78 is 0. The van der Waals surface area contributed by atoms with Crippen LogP contribution in [0.3, 0.4) is 0 Å². The van der Waals surface area contributed by atoms with E-state index in [1.807, 2.05) is 24.1 Å². The number of hydrogen-bond donors (Lipinski definition) is 2. The van der Waals surface area contributed by atoms with Gasteiger partial charge in [0, 0.05) is 18.4 Å². The molecule has 1 aromatic rings. The van der Waals surface area contributed by atoms with Crippen LogP contribution in [0.4, 0.5) is 5.69 Å². The Kier molecular flexibility index (Phi) is 2.60. The van der Waals surface area contributed by atoms with E-state index in [2.05, 4.69) is 23.5 Å². The minimum absolute atomic E-state index is 0.391. The molecular formula is C11H13N3S. The minimum atomic E-state index is 0.391. The molecule has 0 atom stereocenters. The van der Waals surface area contributed by atoms with Crippen LogP contribution in [0.5, 0.6) is 0 Å².